The maximum Gasteiger partial charge on any atom is 0.331 e. The molecule has 106 valence electrons. The highest BCUT2D eigenvalue weighted by Gasteiger charge is 2.53. The summed E-state index contributed by atoms with van der Waals surface area (Å²) in [6.07, 6.45) is 2.10. The van der Waals surface area contributed by atoms with E-state index in [1.807, 2.05) is 6.07 Å². The van der Waals surface area contributed by atoms with Crippen molar-refractivity contribution in [1.82, 2.24) is 10.2 Å². The van der Waals surface area contributed by atoms with Gasteiger partial charge in [-0.25, -0.2) is 4.79 Å². The zero-order valence-electron chi connectivity index (χ0n) is 11.4. The lowest BCUT2D eigenvalue weighted by atomic mass is 9.75. The Hall–Kier alpha value is -1.82. The number of amides is 4. The van der Waals surface area contributed by atoms with Gasteiger partial charge in [-0.2, -0.15) is 0 Å². The molecule has 0 spiro atoms. The fourth-order valence-corrected chi connectivity index (χ4v) is 2.92. The van der Waals surface area contributed by atoms with Crippen LogP contribution in [0.3, 0.4) is 0 Å². The number of hydrogen-bond acceptors (Lipinski definition) is 4. The summed E-state index contributed by atoms with van der Waals surface area (Å²) in [4.78, 5) is 38.0. The van der Waals surface area contributed by atoms with Crippen molar-refractivity contribution in [3.63, 3.8) is 0 Å². The largest absolute Gasteiger partial charge is 0.331 e. The van der Waals surface area contributed by atoms with E-state index in [2.05, 4.69) is 5.32 Å². The number of carbonyl (C=O) groups is 3. The minimum absolute atomic E-state index is 0.229. The second-order valence-electron chi connectivity index (χ2n) is 4.54. The number of rotatable bonds is 4. The number of nitrogens with one attached hydrogen (secondary N) is 1. The fourth-order valence-electron chi connectivity index (χ4n) is 2.43. The number of hydrogen-bond donors (Lipinski definition) is 1. The van der Waals surface area contributed by atoms with E-state index in [9.17, 15) is 14.4 Å². The van der Waals surface area contributed by atoms with E-state index >= 15 is 0 Å². The number of barbiturate groups is 1. The van der Waals surface area contributed by atoms with E-state index in [0.29, 0.717) is 12.0 Å². The van der Waals surface area contributed by atoms with Crippen molar-refractivity contribution in [2.45, 2.75) is 18.8 Å². The zero-order valence-corrected chi connectivity index (χ0v) is 12.2. The number of urea groups is 1. The maximum absolute atomic E-state index is 12.7. The lowest BCUT2D eigenvalue weighted by Crippen LogP contribution is -2.65. The van der Waals surface area contributed by atoms with Gasteiger partial charge in [0, 0.05) is 0 Å². The topological polar surface area (TPSA) is 66.5 Å². The van der Waals surface area contributed by atoms with Crippen molar-refractivity contribution in [2.24, 2.45) is 0 Å². The van der Waals surface area contributed by atoms with Crippen molar-refractivity contribution in [2.75, 3.05) is 12.1 Å². The van der Waals surface area contributed by atoms with Crippen LogP contribution in [-0.2, 0) is 15.0 Å². The SMILES string of the molecule is CCC1(c2ccccc2)C(=O)NC(=O)N(CSC)C1=O. The molecule has 1 aliphatic rings. The van der Waals surface area contributed by atoms with Crippen LogP contribution in [0.2, 0.25) is 0 Å². The van der Waals surface area contributed by atoms with Gasteiger partial charge in [-0.05, 0) is 18.2 Å². The normalized spacial score (nSPS) is 22.9. The zero-order chi connectivity index (χ0) is 14.8. The second-order valence-corrected chi connectivity index (χ2v) is 5.37. The van der Waals surface area contributed by atoms with Gasteiger partial charge in [0.2, 0.25) is 5.91 Å². The Balaban J connectivity index is 2.53. The van der Waals surface area contributed by atoms with Gasteiger partial charge in [0.25, 0.3) is 5.91 Å². The first-order valence-corrected chi connectivity index (χ1v) is 7.69. The molecule has 1 heterocycles. The van der Waals surface area contributed by atoms with Gasteiger partial charge in [0.05, 0.1) is 5.88 Å². The van der Waals surface area contributed by atoms with Gasteiger partial charge in [-0.1, -0.05) is 37.3 Å². The van der Waals surface area contributed by atoms with E-state index in [1.165, 1.54) is 11.8 Å². The van der Waals surface area contributed by atoms with E-state index in [0.717, 1.165) is 4.90 Å². The molecule has 1 atom stereocenters. The van der Waals surface area contributed by atoms with Crippen LogP contribution in [0.25, 0.3) is 0 Å². The molecule has 5 nitrogen and oxygen atoms in total. The minimum Gasteiger partial charge on any atom is -0.276 e. The molecule has 20 heavy (non-hydrogen) atoms. The Bertz CT molecular complexity index is 547. The van der Waals surface area contributed by atoms with Crippen molar-refractivity contribution >= 4 is 29.6 Å². The molecule has 4 amide bonds. The van der Waals surface area contributed by atoms with E-state index < -0.39 is 23.3 Å². The van der Waals surface area contributed by atoms with E-state index in [1.54, 1.807) is 37.4 Å². The molecule has 0 saturated carbocycles. The second kappa shape index (κ2) is 5.66. The van der Waals surface area contributed by atoms with Gasteiger partial charge in [-0.3, -0.25) is 19.8 Å². The number of imide groups is 2. The number of carbonyl (C=O) groups excluding carboxylic acids is 3. The molecule has 1 unspecified atom stereocenters. The van der Waals surface area contributed by atoms with Crippen LogP contribution in [0.15, 0.2) is 30.3 Å². The summed E-state index contributed by atoms with van der Waals surface area (Å²) < 4.78 is 0. The third-order valence-electron chi connectivity index (χ3n) is 3.52. The average molecular weight is 292 g/mol. The van der Waals surface area contributed by atoms with Gasteiger partial charge >= 0.3 is 6.03 Å². The monoisotopic (exact) mass is 292 g/mol. The molecule has 1 aliphatic heterocycles. The summed E-state index contributed by atoms with van der Waals surface area (Å²) in [5, 5.41) is 2.30. The number of thioether (sulfide) groups is 1. The van der Waals surface area contributed by atoms with E-state index in [4.69, 9.17) is 0 Å². The molecule has 0 radical (unpaired) electrons. The summed E-state index contributed by atoms with van der Waals surface area (Å²) in [5.74, 6) is -0.764. The summed E-state index contributed by atoms with van der Waals surface area (Å²) in [7, 11) is 0. The van der Waals surface area contributed by atoms with Crippen LogP contribution in [-0.4, -0.2) is 34.9 Å². The Labute approximate surface area is 121 Å². The summed E-state index contributed by atoms with van der Waals surface area (Å²) in [5.41, 5.74) is -0.700. The highest BCUT2D eigenvalue weighted by molar-refractivity contribution is 7.98. The van der Waals surface area contributed by atoms with Crippen LogP contribution >= 0.6 is 11.8 Å². The van der Waals surface area contributed by atoms with Crippen LogP contribution in [0.5, 0.6) is 0 Å². The molecule has 1 aromatic rings. The van der Waals surface area contributed by atoms with E-state index in [-0.39, 0.29) is 5.88 Å². The third-order valence-corrected chi connectivity index (χ3v) is 4.03. The quantitative estimate of drug-likeness (QED) is 0.858. The molecule has 0 aliphatic carbocycles. The molecule has 1 aromatic carbocycles. The fraction of sp³-hybridized carbons (Fsp3) is 0.357. The van der Waals surface area contributed by atoms with Crippen molar-refractivity contribution < 1.29 is 14.4 Å². The maximum atomic E-state index is 12.7. The molecule has 6 heteroatoms. The molecule has 0 bridgehead atoms. The standard InChI is InChI=1S/C14H16N2O3S/c1-3-14(10-7-5-4-6-8-10)11(17)15-13(19)16(9-20-2)12(14)18/h4-8H,3,9H2,1-2H3,(H,15,17,19). The molecular formula is C14H16N2O3S. The first kappa shape index (κ1) is 14.6. The predicted molar refractivity (Wildman–Crippen MR) is 77.2 cm³/mol. The van der Waals surface area contributed by atoms with Gasteiger partial charge in [0.15, 0.2) is 5.41 Å². The molecule has 1 saturated heterocycles. The molecular weight excluding hydrogens is 276 g/mol. The van der Waals surface area contributed by atoms with Crippen LogP contribution in [0.1, 0.15) is 18.9 Å². The molecule has 1 fully saturated rings. The van der Waals surface area contributed by atoms with Crippen LogP contribution in [0.4, 0.5) is 4.79 Å². The lowest BCUT2D eigenvalue weighted by Gasteiger charge is -2.38. The summed E-state index contributed by atoms with van der Waals surface area (Å²) in [6, 6.07) is 8.23. The lowest BCUT2D eigenvalue weighted by molar-refractivity contribution is -0.144. The third kappa shape index (κ3) is 2.10. The Morgan fingerprint density at radius 3 is 2.40 bits per heavy atom. The minimum atomic E-state index is -1.31. The van der Waals surface area contributed by atoms with Gasteiger partial charge < -0.3 is 0 Å². The number of benzene rings is 1. The first-order valence-electron chi connectivity index (χ1n) is 6.29. The van der Waals surface area contributed by atoms with Gasteiger partial charge in [0.1, 0.15) is 0 Å². The van der Waals surface area contributed by atoms with Crippen molar-refractivity contribution in [3.05, 3.63) is 35.9 Å². The summed E-state index contributed by atoms with van der Waals surface area (Å²) >= 11 is 1.36. The van der Waals surface area contributed by atoms with Crippen LogP contribution in [0, 0.1) is 0 Å². The smallest absolute Gasteiger partial charge is 0.276 e. The Kier molecular flexibility index (Phi) is 4.13. The molecule has 0 aromatic heterocycles. The summed E-state index contributed by atoms with van der Waals surface area (Å²) in [6.45, 7) is 1.78. The van der Waals surface area contributed by atoms with Gasteiger partial charge in [-0.15, -0.1) is 11.8 Å². The Morgan fingerprint density at radius 2 is 1.85 bits per heavy atom. The van der Waals surface area contributed by atoms with Crippen LogP contribution < -0.4 is 5.32 Å². The highest BCUT2D eigenvalue weighted by Crippen LogP contribution is 2.33. The molecule has 2 rings (SSSR count). The first-order chi connectivity index (χ1) is 9.57. The van der Waals surface area contributed by atoms with Crippen molar-refractivity contribution in [1.29, 1.82) is 0 Å². The van der Waals surface area contributed by atoms with Crippen molar-refractivity contribution in [3.8, 4) is 0 Å². The molecule has 1 N–H and O–H groups in total. The average Bonchev–Trinajstić information content (AvgIpc) is 2.45. The highest BCUT2D eigenvalue weighted by atomic mass is 32.2. The predicted octanol–water partition coefficient (Wildman–Crippen LogP) is 1.73. The number of nitrogens with zero attached hydrogens (tertiary/aromatic N) is 1. The Morgan fingerprint density at radius 1 is 1.20 bits per heavy atom.